The average molecular weight is 230 g/mol. The zero-order chi connectivity index (χ0) is 12.6. The van der Waals surface area contributed by atoms with Crippen LogP contribution in [-0.2, 0) is 0 Å². The first-order valence-corrected chi connectivity index (χ1v) is 5.04. The van der Waals surface area contributed by atoms with Crippen LogP contribution in [0.5, 0.6) is 5.75 Å². The average Bonchev–Trinajstić information content (AvgIpc) is 2.26. The second kappa shape index (κ2) is 3.59. The predicted molar refractivity (Wildman–Crippen MR) is 61.4 cm³/mol. The van der Waals surface area contributed by atoms with Gasteiger partial charge in [-0.1, -0.05) is 0 Å². The summed E-state index contributed by atoms with van der Waals surface area (Å²) in [6.07, 6.45) is 1.67. The Labute approximate surface area is 98.1 Å². The summed E-state index contributed by atoms with van der Waals surface area (Å²) in [4.78, 5) is 10.2. The van der Waals surface area contributed by atoms with Gasteiger partial charge in [0.15, 0.2) is 0 Å². The van der Waals surface area contributed by atoms with E-state index >= 15 is 0 Å². The van der Waals surface area contributed by atoms with Crippen molar-refractivity contribution in [2.75, 3.05) is 0 Å². The Balaban J connectivity index is 2.60. The summed E-state index contributed by atoms with van der Waals surface area (Å²) in [5, 5.41) is 19.7. The maximum absolute atomic E-state index is 10.7. The van der Waals surface area contributed by atoms with Crippen LogP contribution in [0.15, 0.2) is 24.3 Å². The molecule has 5 nitrogen and oxygen atoms in total. The molecule has 2 rings (SSSR count). The molecule has 0 atom stereocenters. The minimum atomic E-state index is -0.575. The van der Waals surface area contributed by atoms with Crippen molar-refractivity contribution in [1.82, 2.24) is 0 Å². The van der Waals surface area contributed by atoms with Gasteiger partial charge in [0.05, 0.1) is 16.6 Å². The predicted octanol–water partition coefficient (Wildman–Crippen LogP) is 2.67. The zero-order valence-electron chi connectivity index (χ0n) is 9.43. The number of benzene rings is 1. The standard InChI is InChI=1S/C12H10N2O3/c1-12(2)6-8(7-13)10-5-9(14(15)16)3-4-11(10)17-12/h3-6H,1-2H3. The third kappa shape index (κ3) is 1.97. The first kappa shape index (κ1) is 11.1. The van der Waals surface area contributed by atoms with E-state index in [9.17, 15) is 10.1 Å². The lowest BCUT2D eigenvalue weighted by Gasteiger charge is -2.28. The molecule has 1 aliphatic rings. The molecule has 5 heteroatoms. The summed E-state index contributed by atoms with van der Waals surface area (Å²) in [7, 11) is 0. The number of non-ortho nitro benzene ring substituents is 1. The molecular weight excluding hydrogens is 220 g/mol. The number of rotatable bonds is 1. The highest BCUT2D eigenvalue weighted by Crippen LogP contribution is 2.37. The Hall–Kier alpha value is -2.35. The third-order valence-corrected chi connectivity index (χ3v) is 2.45. The summed E-state index contributed by atoms with van der Waals surface area (Å²) in [5.74, 6) is 0.500. The smallest absolute Gasteiger partial charge is 0.270 e. The summed E-state index contributed by atoms with van der Waals surface area (Å²) in [6.45, 7) is 3.66. The van der Waals surface area contributed by atoms with Crippen molar-refractivity contribution in [1.29, 1.82) is 5.26 Å². The first-order valence-electron chi connectivity index (χ1n) is 5.04. The van der Waals surface area contributed by atoms with Crippen LogP contribution in [0.1, 0.15) is 19.4 Å². The molecule has 0 radical (unpaired) electrons. The number of nitriles is 1. The highest BCUT2D eigenvalue weighted by Gasteiger charge is 2.27. The van der Waals surface area contributed by atoms with E-state index in [4.69, 9.17) is 10.00 Å². The lowest BCUT2D eigenvalue weighted by Crippen LogP contribution is -2.28. The van der Waals surface area contributed by atoms with Gasteiger partial charge in [-0.2, -0.15) is 5.26 Å². The van der Waals surface area contributed by atoms with E-state index in [-0.39, 0.29) is 5.69 Å². The maximum atomic E-state index is 10.7. The van der Waals surface area contributed by atoms with Gasteiger partial charge in [0.2, 0.25) is 0 Å². The van der Waals surface area contributed by atoms with Crippen LogP contribution < -0.4 is 4.74 Å². The molecule has 0 bridgehead atoms. The number of nitro benzene ring substituents is 1. The van der Waals surface area contributed by atoms with Crippen LogP contribution >= 0.6 is 0 Å². The van der Waals surface area contributed by atoms with Crippen molar-refractivity contribution in [3.05, 3.63) is 40.0 Å². The molecule has 0 aromatic heterocycles. The molecule has 1 aliphatic heterocycles. The molecule has 1 aromatic carbocycles. The van der Waals surface area contributed by atoms with E-state index in [0.717, 1.165) is 0 Å². The number of hydrogen-bond donors (Lipinski definition) is 0. The largest absolute Gasteiger partial charge is 0.483 e. The highest BCUT2D eigenvalue weighted by atomic mass is 16.6. The van der Waals surface area contributed by atoms with Crippen LogP contribution in [0.25, 0.3) is 5.57 Å². The number of allylic oxidation sites excluding steroid dienone is 1. The Morgan fingerprint density at radius 3 is 2.76 bits per heavy atom. The van der Waals surface area contributed by atoms with Crippen LogP contribution in [0, 0.1) is 21.4 Å². The Morgan fingerprint density at radius 2 is 2.18 bits per heavy atom. The second-order valence-electron chi connectivity index (χ2n) is 4.31. The third-order valence-electron chi connectivity index (χ3n) is 2.45. The molecule has 0 amide bonds. The van der Waals surface area contributed by atoms with E-state index in [2.05, 4.69) is 0 Å². The normalized spacial score (nSPS) is 16.2. The summed E-state index contributed by atoms with van der Waals surface area (Å²) in [5.41, 5.74) is 0.253. The fraction of sp³-hybridized carbons (Fsp3) is 0.250. The summed E-state index contributed by atoms with van der Waals surface area (Å²) < 4.78 is 5.64. The van der Waals surface area contributed by atoms with Gasteiger partial charge in [-0.05, 0) is 26.0 Å². The first-order chi connectivity index (χ1) is 7.93. The van der Waals surface area contributed by atoms with Gasteiger partial charge in [0.1, 0.15) is 11.4 Å². The Morgan fingerprint density at radius 1 is 1.47 bits per heavy atom. The lowest BCUT2D eigenvalue weighted by atomic mass is 9.95. The molecule has 1 aromatic rings. The molecular formula is C12H10N2O3. The maximum Gasteiger partial charge on any atom is 0.270 e. The molecule has 0 saturated carbocycles. The van der Waals surface area contributed by atoms with Gasteiger partial charge < -0.3 is 4.74 Å². The van der Waals surface area contributed by atoms with Crippen molar-refractivity contribution < 1.29 is 9.66 Å². The van der Waals surface area contributed by atoms with E-state index in [1.807, 2.05) is 19.9 Å². The molecule has 0 unspecified atom stereocenters. The van der Waals surface area contributed by atoms with Crippen molar-refractivity contribution >= 4 is 11.3 Å². The van der Waals surface area contributed by atoms with E-state index in [0.29, 0.717) is 16.9 Å². The fourth-order valence-electron chi connectivity index (χ4n) is 1.76. The lowest BCUT2D eigenvalue weighted by molar-refractivity contribution is -0.384. The van der Waals surface area contributed by atoms with Gasteiger partial charge in [0, 0.05) is 17.7 Å². The zero-order valence-corrected chi connectivity index (χ0v) is 9.43. The topological polar surface area (TPSA) is 76.2 Å². The van der Waals surface area contributed by atoms with Crippen LogP contribution in [0.3, 0.4) is 0 Å². The number of nitrogens with zero attached hydrogens (tertiary/aromatic N) is 2. The molecule has 1 heterocycles. The quantitative estimate of drug-likeness (QED) is 0.549. The van der Waals surface area contributed by atoms with Gasteiger partial charge in [-0.15, -0.1) is 0 Å². The molecule has 0 fully saturated rings. The fourth-order valence-corrected chi connectivity index (χ4v) is 1.76. The highest BCUT2D eigenvalue weighted by molar-refractivity contribution is 5.83. The molecule has 0 saturated heterocycles. The van der Waals surface area contributed by atoms with Gasteiger partial charge >= 0.3 is 0 Å². The Bertz CT molecular complexity index is 568. The van der Waals surface area contributed by atoms with Crippen molar-refractivity contribution in [2.24, 2.45) is 0 Å². The summed E-state index contributed by atoms with van der Waals surface area (Å²) >= 11 is 0. The molecule has 0 aliphatic carbocycles. The summed E-state index contributed by atoms with van der Waals surface area (Å²) in [6, 6.07) is 6.30. The molecule has 0 spiro atoms. The van der Waals surface area contributed by atoms with Gasteiger partial charge in [0.25, 0.3) is 5.69 Å². The molecule has 0 N–H and O–H groups in total. The van der Waals surface area contributed by atoms with Crippen molar-refractivity contribution in [3.63, 3.8) is 0 Å². The van der Waals surface area contributed by atoms with E-state index in [1.54, 1.807) is 6.08 Å². The minimum Gasteiger partial charge on any atom is -0.483 e. The molecule has 86 valence electrons. The van der Waals surface area contributed by atoms with Crippen molar-refractivity contribution in [3.8, 4) is 11.8 Å². The number of fused-ring (bicyclic) bond motifs is 1. The number of ether oxygens (including phenoxy) is 1. The van der Waals surface area contributed by atoms with E-state index < -0.39 is 10.5 Å². The van der Waals surface area contributed by atoms with Crippen LogP contribution in [0.2, 0.25) is 0 Å². The van der Waals surface area contributed by atoms with Crippen molar-refractivity contribution in [2.45, 2.75) is 19.4 Å². The van der Waals surface area contributed by atoms with Gasteiger partial charge in [-0.25, -0.2) is 0 Å². The second-order valence-corrected chi connectivity index (χ2v) is 4.31. The van der Waals surface area contributed by atoms with Crippen LogP contribution in [0.4, 0.5) is 5.69 Å². The van der Waals surface area contributed by atoms with Gasteiger partial charge in [-0.3, -0.25) is 10.1 Å². The SMILES string of the molecule is CC1(C)C=C(C#N)c2cc([N+](=O)[O-])ccc2O1. The Kier molecular flexibility index (Phi) is 2.36. The molecule has 17 heavy (non-hydrogen) atoms. The van der Waals surface area contributed by atoms with E-state index in [1.165, 1.54) is 18.2 Å². The van der Waals surface area contributed by atoms with Crippen LogP contribution in [-0.4, -0.2) is 10.5 Å². The number of hydrogen-bond acceptors (Lipinski definition) is 4. The minimum absolute atomic E-state index is 0.0480. The number of nitro groups is 1. The monoisotopic (exact) mass is 230 g/mol.